The molecular weight excluding hydrogens is 302 g/mol. The highest BCUT2D eigenvalue weighted by molar-refractivity contribution is 5.87. The van der Waals surface area contributed by atoms with Gasteiger partial charge in [-0.3, -0.25) is 9.59 Å². The molecule has 1 N–H and O–H groups in total. The number of hydrogen-bond acceptors (Lipinski definition) is 6. The topological polar surface area (TPSA) is 93.1 Å². The minimum Gasteiger partial charge on any atom is -0.484 e. The third-order valence-electron chi connectivity index (χ3n) is 3.39. The van der Waals surface area contributed by atoms with Gasteiger partial charge in [0, 0.05) is 13.0 Å². The van der Waals surface area contributed by atoms with Gasteiger partial charge in [0.25, 0.3) is 5.91 Å². The number of esters is 1. The summed E-state index contributed by atoms with van der Waals surface area (Å²) in [5.41, 5.74) is 0. The van der Waals surface area contributed by atoms with Crippen LogP contribution in [0.25, 0.3) is 0 Å². The Balaban J connectivity index is 1.93. The fourth-order valence-corrected chi connectivity index (χ4v) is 2.33. The number of aliphatic hydroxyl groups excluding tert-OH is 1. The fourth-order valence-electron chi connectivity index (χ4n) is 2.33. The SMILES string of the molecule is CC(=O)COC(=O)[C@@H]1C[C@@H](O)CN1C(=O)COc1ccccc1. The van der Waals surface area contributed by atoms with Crippen LogP contribution < -0.4 is 4.74 Å². The molecular formula is C16H19NO6. The quantitative estimate of drug-likeness (QED) is 0.750. The molecule has 2 rings (SSSR count). The number of nitrogens with zero attached hydrogens (tertiary/aromatic N) is 1. The Morgan fingerprint density at radius 1 is 1.22 bits per heavy atom. The second kappa shape index (κ2) is 7.73. The molecule has 0 unspecified atom stereocenters. The van der Waals surface area contributed by atoms with Gasteiger partial charge in [0.1, 0.15) is 18.4 Å². The molecule has 1 aromatic rings. The number of carbonyl (C=O) groups is 3. The van der Waals surface area contributed by atoms with Crippen LogP contribution in [0.4, 0.5) is 0 Å². The van der Waals surface area contributed by atoms with E-state index in [1.807, 2.05) is 6.07 Å². The molecule has 0 spiro atoms. The summed E-state index contributed by atoms with van der Waals surface area (Å²) in [6.45, 7) is 0.755. The summed E-state index contributed by atoms with van der Waals surface area (Å²) in [7, 11) is 0. The van der Waals surface area contributed by atoms with Crippen molar-refractivity contribution in [3.8, 4) is 5.75 Å². The summed E-state index contributed by atoms with van der Waals surface area (Å²) in [6.07, 6.45) is -0.709. The van der Waals surface area contributed by atoms with Crippen molar-refractivity contribution in [2.45, 2.75) is 25.5 Å². The third-order valence-corrected chi connectivity index (χ3v) is 3.39. The van der Waals surface area contributed by atoms with Gasteiger partial charge >= 0.3 is 5.97 Å². The number of para-hydroxylation sites is 1. The maximum Gasteiger partial charge on any atom is 0.329 e. The van der Waals surface area contributed by atoms with Crippen LogP contribution in [0.5, 0.6) is 5.75 Å². The standard InChI is InChI=1S/C16H19NO6/c1-11(18)9-23-16(21)14-7-12(19)8-17(14)15(20)10-22-13-5-3-2-4-6-13/h2-6,12,14,19H,7-10H2,1H3/t12-,14+/m1/s1. The number of carbonyl (C=O) groups excluding carboxylic acids is 3. The summed E-state index contributed by atoms with van der Waals surface area (Å²) in [6, 6.07) is 7.92. The van der Waals surface area contributed by atoms with E-state index in [0.29, 0.717) is 5.75 Å². The van der Waals surface area contributed by atoms with Crippen molar-refractivity contribution >= 4 is 17.7 Å². The Morgan fingerprint density at radius 3 is 2.57 bits per heavy atom. The van der Waals surface area contributed by atoms with Crippen LogP contribution in [-0.4, -0.2) is 59.6 Å². The van der Waals surface area contributed by atoms with E-state index in [2.05, 4.69) is 0 Å². The third kappa shape index (κ3) is 4.79. The number of likely N-dealkylation sites (tertiary alicyclic amines) is 1. The Hall–Kier alpha value is -2.41. The van der Waals surface area contributed by atoms with Crippen LogP contribution in [-0.2, 0) is 19.1 Å². The lowest BCUT2D eigenvalue weighted by atomic mass is 10.2. The number of amides is 1. The molecule has 1 heterocycles. The van der Waals surface area contributed by atoms with Crippen LogP contribution in [0, 0.1) is 0 Å². The summed E-state index contributed by atoms with van der Waals surface area (Å²) in [5, 5.41) is 9.72. The van der Waals surface area contributed by atoms with E-state index in [9.17, 15) is 19.5 Å². The van der Waals surface area contributed by atoms with E-state index in [0.717, 1.165) is 0 Å². The van der Waals surface area contributed by atoms with Crippen molar-refractivity contribution in [2.24, 2.45) is 0 Å². The number of hydrogen-bond donors (Lipinski definition) is 1. The van der Waals surface area contributed by atoms with E-state index in [4.69, 9.17) is 9.47 Å². The first-order chi connectivity index (χ1) is 11.0. The molecule has 23 heavy (non-hydrogen) atoms. The zero-order chi connectivity index (χ0) is 16.8. The van der Waals surface area contributed by atoms with Crippen molar-refractivity contribution < 1.29 is 29.0 Å². The van der Waals surface area contributed by atoms with Crippen molar-refractivity contribution in [3.05, 3.63) is 30.3 Å². The zero-order valence-electron chi connectivity index (χ0n) is 12.8. The maximum absolute atomic E-state index is 12.2. The van der Waals surface area contributed by atoms with Crippen molar-refractivity contribution in [3.63, 3.8) is 0 Å². The monoisotopic (exact) mass is 321 g/mol. The number of aliphatic hydroxyl groups is 1. The predicted molar refractivity (Wildman–Crippen MR) is 79.7 cm³/mol. The van der Waals surface area contributed by atoms with Crippen LogP contribution >= 0.6 is 0 Å². The van der Waals surface area contributed by atoms with Gasteiger partial charge in [-0.15, -0.1) is 0 Å². The number of Topliss-reactive ketones (excluding diaryl/α,β-unsaturated/α-hetero) is 1. The lowest BCUT2D eigenvalue weighted by Crippen LogP contribution is -2.44. The van der Waals surface area contributed by atoms with Crippen LogP contribution in [0.1, 0.15) is 13.3 Å². The molecule has 0 aliphatic carbocycles. The Morgan fingerprint density at radius 2 is 1.91 bits per heavy atom. The molecule has 7 nitrogen and oxygen atoms in total. The van der Waals surface area contributed by atoms with Gasteiger partial charge < -0.3 is 19.5 Å². The van der Waals surface area contributed by atoms with Gasteiger partial charge in [0.15, 0.2) is 12.4 Å². The lowest BCUT2D eigenvalue weighted by Gasteiger charge is -2.22. The van der Waals surface area contributed by atoms with Gasteiger partial charge in [0.05, 0.1) is 6.10 Å². The number of rotatable bonds is 6. The average Bonchev–Trinajstić information content (AvgIpc) is 2.93. The summed E-state index contributed by atoms with van der Waals surface area (Å²) < 4.78 is 10.2. The molecule has 124 valence electrons. The Labute approximate surface area is 133 Å². The van der Waals surface area contributed by atoms with Gasteiger partial charge in [-0.25, -0.2) is 4.79 Å². The number of ketones is 1. The van der Waals surface area contributed by atoms with Crippen molar-refractivity contribution in [1.29, 1.82) is 0 Å². The van der Waals surface area contributed by atoms with Gasteiger partial charge in [-0.2, -0.15) is 0 Å². The Kier molecular flexibility index (Phi) is 5.70. The van der Waals surface area contributed by atoms with Crippen molar-refractivity contribution in [2.75, 3.05) is 19.8 Å². The molecule has 1 fully saturated rings. The molecule has 0 aromatic heterocycles. The molecule has 2 atom stereocenters. The second-order valence-corrected chi connectivity index (χ2v) is 5.36. The Bertz CT molecular complexity index is 573. The summed E-state index contributed by atoms with van der Waals surface area (Å²) in [5.74, 6) is -0.863. The van der Waals surface area contributed by atoms with E-state index >= 15 is 0 Å². The first-order valence-electron chi connectivity index (χ1n) is 7.29. The first-order valence-corrected chi connectivity index (χ1v) is 7.29. The summed E-state index contributed by atoms with van der Waals surface area (Å²) in [4.78, 5) is 36.3. The maximum atomic E-state index is 12.2. The molecule has 0 bridgehead atoms. The molecule has 1 saturated heterocycles. The minimum atomic E-state index is -0.892. The molecule has 1 aromatic carbocycles. The van der Waals surface area contributed by atoms with E-state index in [-0.39, 0.29) is 32.0 Å². The van der Waals surface area contributed by atoms with E-state index < -0.39 is 24.0 Å². The highest BCUT2D eigenvalue weighted by atomic mass is 16.5. The first kappa shape index (κ1) is 17.0. The smallest absolute Gasteiger partial charge is 0.329 e. The molecule has 0 saturated carbocycles. The van der Waals surface area contributed by atoms with Gasteiger partial charge in [-0.1, -0.05) is 18.2 Å². The molecule has 1 aliphatic rings. The number of β-amino-alcohol motifs (C(OH)–C–C–N with tert-alkyl or cyclic N) is 1. The number of benzene rings is 1. The predicted octanol–water partition coefficient (Wildman–Crippen LogP) is 0.159. The fraction of sp³-hybridized carbons (Fsp3) is 0.438. The largest absolute Gasteiger partial charge is 0.484 e. The van der Waals surface area contributed by atoms with E-state index in [1.54, 1.807) is 24.3 Å². The van der Waals surface area contributed by atoms with Crippen LogP contribution in [0.2, 0.25) is 0 Å². The van der Waals surface area contributed by atoms with Crippen LogP contribution in [0.15, 0.2) is 30.3 Å². The molecule has 1 amide bonds. The van der Waals surface area contributed by atoms with Crippen molar-refractivity contribution in [1.82, 2.24) is 4.90 Å². The van der Waals surface area contributed by atoms with Crippen LogP contribution in [0.3, 0.4) is 0 Å². The van der Waals surface area contributed by atoms with Gasteiger partial charge in [-0.05, 0) is 19.1 Å². The van der Waals surface area contributed by atoms with E-state index in [1.165, 1.54) is 11.8 Å². The lowest BCUT2D eigenvalue weighted by molar-refractivity contribution is -0.155. The normalized spacial score (nSPS) is 20.2. The van der Waals surface area contributed by atoms with Gasteiger partial charge in [0.2, 0.25) is 0 Å². The summed E-state index contributed by atoms with van der Waals surface area (Å²) >= 11 is 0. The average molecular weight is 321 g/mol. The number of ether oxygens (including phenoxy) is 2. The molecule has 0 radical (unpaired) electrons. The zero-order valence-corrected chi connectivity index (χ0v) is 12.8. The molecule has 7 heteroatoms. The highest BCUT2D eigenvalue weighted by Gasteiger charge is 2.40. The molecule has 1 aliphatic heterocycles. The minimum absolute atomic E-state index is 0.0385. The second-order valence-electron chi connectivity index (χ2n) is 5.36. The highest BCUT2D eigenvalue weighted by Crippen LogP contribution is 2.20.